The normalized spacial score (nSPS) is 10.7. The van der Waals surface area contributed by atoms with E-state index in [1.54, 1.807) is 19.1 Å². The fraction of sp³-hybridized carbons (Fsp3) is 0.667. The Balaban J connectivity index is 2.13. The van der Waals surface area contributed by atoms with E-state index in [0.29, 0.717) is 22.8 Å². The molecule has 0 aliphatic rings. The first-order chi connectivity index (χ1) is 11.2. The van der Waals surface area contributed by atoms with Gasteiger partial charge in [0, 0.05) is 6.42 Å². The molecule has 0 radical (unpaired) electrons. The molecule has 0 aliphatic carbocycles. The maximum atomic E-state index is 12.1. The Morgan fingerprint density at radius 2 is 1.52 bits per heavy atom. The van der Waals surface area contributed by atoms with Gasteiger partial charge in [0.05, 0.1) is 11.5 Å². The van der Waals surface area contributed by atoms with Gasteiger partial charge in [-0.05, 0) is 36.3 Å². The minimum atomic E-state index is -0.334. The number of ether oxygens (including phenoxy) is 1. The van der Waals surface area contributed by atoms with Crippen molar-refractivity contribution in [2.24, 2.45) is 0 Å². The summed E-state index contributed by atoms with van der Waals surface area (Å²) < 4.78 is 6.21. The minimum Gasteiger partial charge on any atom is -0.462 e. The summed E-state index contributed by atoms with van der Waals surface area (Å²) in [5, 5.41) is 0. The highest BCUT2D eigenvalue weighted by atomic mass is 127. The van der Waals surface area contributed by atoms with Crippen LogP contribution in [0.4, 0.5) is 0 Å². The quantitative estimate of drug-likeness (QED) is 0.121. The second-order valence-corrected chi connectivity index (χ2v) is 7.74. The van der Waals surface area contributed by atoms with E-state index in [4.69, 9.17) is 4.74 Å². The molecule has 130 valence electrons. The SMILES string of the molecule is CCOC(=O)c1ccc(C(=O)CCCCCCCCCCI)s1. The molecular formula is C18H27IO3S. The Kier molecular flexibility index (Phi) is 11.6. The van der Waals surface area contributed by atoms with Crippen molar-refractivity contribution in [1.29, 1.82) is 0 Å². The van der Waals surface area contributed by atoms with Crippen LogP contribution < -0.4 is 0 Å². The van der Waals surface area contributed by atoms with Gasteiger partial charge < -0.3 is 4.74 Å². The first-order valence-electron chi connectivity index (χ1n) is 8.55. The van der Waals surface area contributed by atoms with E-state index in [2.05, 4.69) is 22.6 Å². The number of ketones is 1. The van der Waals surface area contributed by atoms with Crippen molar-refractivity contribution in [3.05, 3.63) is 21.9 Å². The van der Waals surface area contributed by atoms with Crippen molar-refractivity contribution in [1.82, 2.24) is 0 Å². The molecule has 0 aliphatic heterocycles. The Labute approximate surface area is 157 Å². The van der Waals surface area contributed by atoms with Crippen molar-refractivity contribution in [2.75, 3.05) is 11.0 Å². The van der Waals surface area contributed by atoms with Crippen molar-refractivity contribution in [3.63, 3.8) is 0 Å². The fourth-order valence-corrected chi connectivity index (χ4v) is 3.77. The number of alkyl halides is 1. The minimum absolute atomic E-state index is 0.146. The molecule has 0 bridgehead atoms. The molecule has 0 spiro atoms. The molecule has 1 aromatic rings. The Morgan fingerprint density at radius 1 is 0.957 bits per heavy atom. The summed E-state index contributed by atoms with van der Waals surface area (Å²) in [7, 11) is 0. The topological polar surface area (TPSA) is 43.4 Å². The van der Waals surface area contributed by atoms with Crippen LogP contribution in [0.2, 0.25) is 0 Å². The van der Waals surface area contributed by atoms with Gasteiger partial charge in [-0.25, -0.2) is 4.79 Å². The van der Waals surface area contributed by atoms with E-state index < -0.39 is 0 Å². The predicted octanol–water partition coefficient (Wildman–Crippen LogP) is 6.05. The molecule has 0 saturated heterocycles. The first kappa shape index (κ1) is 20.6. The van der Waals surface area contributed by atoms with Crippen LogP contribution in [0, 0.1) is 0 Å². The van der Waals surface area contributed by atoms with Gasteiger partial charge in [-0.1, -0.05) is 61.1 Å². The van der Waals surface area contributed by atoms with Crippen molar-refractivity contribution in [3.8, 4) is 0 Å². The molecule has 3 nitrogen and oxygen atoms in total. The van der Waals surface area contributed by atoms with Crippen molar-refractivity contribution in [2.45, 2.75) is 64.7 Å². The van der Waals surface area contributed by atoms with Crippen LogP contribution in [-0.2, 0) is 4.74 Å². The van der Waals surface area contributed by atoms with Gasteiger partial charge in [-0.3, -0.25) is 4.79 Å². The summed E-state index contributed by atoms with van der Waals surface area (Å²) in [4.78, 5) is 24.9. The zero-order valence-corrected chi connectivity index (χ0v) is 16.9. The van der Waals surface area contributed by atoms with Gasteiger partial charge in [0.1, 0.15) is 4.88 Å². The zero-order chi connectivity index (χ0) is 16.9. The molecule has 1 heterocycles. The highest BCUT2D eigenvalue weighted by molar-refractivity contribution is 14.1. The highest BCUT2D eigenvalue weighted by Crippen LogP contribution is 2.20. The smallest absolute Gasteiger partial charge is 0.348 e. The number of carbonyl (C=O) groups is 2. The number of unbranched alkanes of at least 4 members (excludes halogenated alkanes) is 7. The second kappa shape index (κ2) is 12.9. The number of thiophene rings is 1. The molecular weight excluding hydrogens is 423 g/mol. The number of halogens is 1. The van der Waals surface area contributed by atoms with Gasteiger partial charge in [0.2, 0.25) is 0 Å². The fourth-order valence-electron chi connectivity index (χ4n) is 2.36. The maximum absolute atomic E-state index is 12.1. The summed E-state index contributed by atoms with van der Waals surface area (Å²) in [5.41, 5.74) is 0. The van der Waals surface area contributed by atoms with E-state index in [0.717, 1.165) is 12.8 Å². The van der Waals surface area contributed by atoms with Crippen molar-refractivity contribution < 1.29 is 14.3 Å². The second-order valence-electron chi connectivity index (χ2n) is 5.57. The van der Waals surface area contributed by atoms with E-state index in [9.17, 15) is 9.59 Å². The molecule has 0 fully saturated rings. The van der Waals surface area contributed by atoms with Crippen molar-refractivity contribution >= 4 is 45.7 Å². The van der Waals surface area contributed by atoms with Crippen LogP contribution >= 0.6 is 33.9 Å². The van der Waals surface area contributed by atoms with Gasteiger partial charge in [-0.15, -0.1) is 11.3 Å². The van der Waals surface area contributed by atoms with Gasteiger partial charge >= 0.3 is 5.97 Å². The molecule has 0 N–H and O–H groups in total. The summed E-state index contributed by atoms with van der Waals surface area (Å²) in [6.45, 7) is 2.14. The molecule has 5 heteroatoms. The summed E-state index contributed by atoms with van der Waals surface area (Å²) in [6, 6.07) is 3.43. The lowest BCUT2D eigenvalue weighted by Crippen LogP contribution is -2.01. The number of carbonyl (C=O) groups excluding carboxylic acids is 2. The monoisotopic (exact) mass is 450 g/mol. The summed E-state index contributed by atoms with van der Waals surface area (Å²) >= 11 is 3.67. The van der Waals surface area contributed by atoms with E-state index >= 15 is 0 Å². The Bertz CT molecular complexity index is 471. The third-order valence-electron chi connectivity index (χ3n) is 3.64. The number of esters is 1. The number of hydrogen-bond donors (Lipinski definition) is 0. The van der Waals surface area contributed by atoms with Gasteiger partial charge in [0.25, 0.3) is 0 Å². The van der Waals surface area contributed by atoms with E-state index in [1.807, 2.05) is 0 Å². The molecule has 23 heavy (non-hydrogen) atoms. The molecule has 0 unspecified atom stereocenters. The first-order valence-corrected chi connectivity index (χ1v) is 10.9. The van der Waals surface area contributed by atoms with Crippen LogP contribution in [0.15, 0.2) is 12.1 Å². The Hall–Kier alpha value is -0.430. The highest BCUT2D eigenvalue weighted by Gasteiger charge is 2.14. The Morgan fingerprint density at radius 3 is 2.13 bits per heavy atom. The third kappa shape index (κ3) is 8.84. The number of rotatable bonds is 13. The number of hydrogen-bond acceptors (Lipinski definition) is 4. The zero-order valence-electron chi connectivity index (χ0n) is 13.9. The molecule has 0 aromatic carbocycles. The van der Waals surface area contributed by atoms with Gasteiger partial charge in [-0.2, -0.15) is 0 Å². The standard InChI is InChI=1S/C18H27IO3S/c1-2-22-18(21)17-13-12-16(23-17)15(20)11-9-7-5-3-4-6-8-10-14-19/h12-13H,2-11,14H2,1H3. The predicted molar refractivity (Wildman–Crippen MR) is 105 cm³/mol. The lowest BCUT2D eigenvalue weighted by Gasteiger charge is -2.01. The van der Waals surface area contributed by atoms with Crippen LogP contribution in [0.3, 0.4) is 0 Å². The van der Waals surface area contributed by atoms with Crippen LogP contribution in [-0.4, -0.2) is 22.8 Å². The van der Waals surface area contributed by atoms with Crippen LogP contribution in [0.25, 0.3) is 0 Å². The maximum Gasteiger partial charge on any atom is 0.348 e. The van der Waals surface area contributed by atoms with Crippen LogP contribution in [0.1, 0.15) is 84.1 Å². The van der Waals surface area contributed by atoms with Crippen LogP contribution in [0.5, 0.6) is 0 Å². The molecule has 0 saturated carbocycles. The average molecular weight is 450 g/mol. The summed E-state index contributed by atoms with van der Waals surface area (Å²) in [5.74, 6) is -0.188. The third-order valence-corrected chi connectivity index (χ3v) is 5.51. The number of Topliss-reactive ketones (excluding diaryl/α,β-unsaturated/α-hetero) is 1. The lowest BCUT2D eigenvalue weighted by molar-refractivity contribution is 0.0532. The van der Waals surface area contributed by atoms with Gasteiger partial charge in [0.15, 0.2) is 5.78 Å². The largest absolute Gasteiger partial charge is 0.462 e. The van der Waals surface area contributed by atoms with E-state index in [-0.39, 0.29) is 11.8 Å². The molecule has 0 amide bonds. The average Bonchev–Trinajstić information content (AvgIpc) is 3.03. The lowest BCUT2D eigenvalue weighted by atomic mass is 10.1. The summed E-state index contributed by atoms with van der Waals surface area (Å²) in [6.07, 6.45) is 10.5. The van der Waals surface area contributed by atoms with E-state index in [1.165, 1.54) is 54.3 Å². The molecule has 0 atom stereocenters. The molecule has 1 aromatic heterocycles. The molecule has 1 rings (SSSR count).